The van der Waals surface area contributed by atoms with Crippen LogP contribution in [0, 0.1) is 0 Å². The first-order valence-corrected chi connectivity index (χ1v) is 10.7. The topological polar surface area (TPSA) is 90.4 Å². The van der Waals surface area contributed by atoms with E-state index in [4.69, 9.17) is 0 Å². The van der Waals surface area contributed by atoms with E-state index in [0.717, 1.165) is 10.6 Å². The minimum absolute atomic E-state index is 0.152. The molecule has 1 aliphatic heterocycles. The Labute approximate surface area is 170 Å². The normalized spacial score (nSPS) is 19.0. The van der Waals surface area contributed by atoms with Crippen molar-refractivity contribution >= 4 is 38.9 Å². The van der Waals surface area contributed by atoms with E-state index in [1.165, 1.54) is 36.3 Å². The van der Waals surface area contributed by atoms with Crippen LogP contribution in [-0.2, 0) is 14.8 Å². The summed E-state index contributed by atoms with van der Waals surface area (Å²) in [5, 5.41) is 3.22. The van der Waals surface area contributed by atoms with Gasteiger partial charge in [0.2, 0.25) is 10.0 Å². The van der Waals surface area contributed by atoms with Crippen LogP contribution in [0.4, 0.5) is 11.4 Å². The summed E-state index contributed by atoms with van der Waals surface area (Å²) in [5.41, 5.74) is 1.54. The summed E-state index contributed by atoms with van der Waals surface area (Å²) in [5.74, 6) is -0.912. The Morgan fingerprint density at radius 2 is 1.66 bits per heavy atom. The molecule has 0 aromatic heterocycles. The molecule has 29 heavy (non-hydrogen) atoms. The number of benzene rings is 2. The average molecular weight is 414 g/mol. The van der Waals surface area contributed by atoms with Gasteiger partial charge in [-0.15, -0.1) is 0 Å². The van der Waals surface area contributed by atoms with Gasteiger partial charge in [0.1, 0.15) is 5.71 Å². The number of carbonyl (C=O) groups is 2. The molecule has 1 aliphatic rings. The van der Waals surface area contributed by atoms with Gasteiger partial charge < -0.3 is 0 Å². The van der Waals surface area contributed by atoms with Crippen molar-refractivity contribution in [2.24, 2.45) is 4.99 Å². The third-order valence-electron chi connectivity index (χ3n) is 4.88. The highest BCUT2D eigenvalue weighted by molar-refractivity contribution is 7.92. The number of hydrazine groups is 1. The quantitative estimate of drug-likeness (QED) is 0.763. The van der Waals surface area contributed by atoms with Crippen LogP contribution in [0.3, 0.4) is 0 Å². The molecule has 2 amide bonds. The maximum absolute atomic E-state index is 12.9. The van der Waals surface area contributed by atoms with Crippen molar-refractivity contribution in [3.63, 3.8) is 0 Å². The number of anilines is 2. The zero-order valence-electron chi connectivity index (χ0n) is 16.6. The SMILES string of the molecule is CC1C(=NC(=O)c2ccc(N(C)S(C)(=O)=O)cc2)C(=O)N(c2ccccc2)N1C. The summed E-state index contributed by atoms with van der Waals surface area (Å²) < 4.78 is 24.4. The van der Waals surface area contributed by atoms with E-state index in [9.17, 15) is 18.0 Å². The van der Waals surface area contributed by atoms with Crippen LogP contribution >= 0.6 is 0 Å². The van der Waals surface area contributed by atoms with Crippen molar-refractivity contribution in [2.45, 2.75) is 13.0 Å². The predicted molar refractivity (Wildman–Crippen MR) is 113 cm³/mol. The van der Waals surface area contributed by atoms with Gasteiger partial charge in [-0.1, -0.05) is 18.2 Å². The van der Waals surface area contributed by atoms with E-state index < -0.39 is 15.9 Å². The highest BCUT2D eigenvalue weighted by Crippen LogP contribution is 2.24. The average Bonchev–Trinajstić information content (AvgIpc) is 2.90. The third kappa shape index (κ3) is 4.06. The number of sulfonamides is 1. The van der Waals surface area contributed by atoms with Crippen molar-refractivity contribution < 1.29 is 18.0 Å². The van der Waals surface area contributed by atoms with E-state index in [-0.39, 0.29) is 23.2 Å². The molecule has 0 radical (unpaired) electrons. The first kappa shape index (κ1) is 20.7. The van der Waals surface area contributed by atoms with Gasteiger partial charge in [-0.2, -0.15) is 0 Å². The fourth-order valence-corrected chi connectivity index (χ4v) is 3.47. The van der Waals surface area contributed by atoms with Gasteiger partial charge in [-0.05, 0) is 43.3 Å². The van der Waals surface area contributed by atoms with Gasteiger partial charge in [0.25, 0.3) is 11.8 Å². The van der Waals surface area contributed by atoms with Gasteiger partial charge in [0, 0.05) is 19.7 Å². The predicted octanol–water partition coefficient (Wildman–Crippen LogP) is 1.95. The first-order valence-electron chi connectivity index (χ1n) is 8.90. The molecular weight excluding hydrogens is 392 g/mol. The lowest BCUT2D eigenvalue weighted by Crippen LogP contribution is -2.38. The Kier molecular flexibility index (Phi) is 5.54. The van der Waals surface area contributed by atoms with Crippen molar-refractivity contribution in [3.8, 4) is 0 Å². The molecule has 1 unspecified atom stereocenters. The third-order valence-corrected chi connectivity index (χ3v) is 6.09. The Morgan fingerprint density at radius 3 is 2.21 bits per heavy atom. The van der Waals surface area contributed by atoms with Crippen molar-refractivity contribution in [1.82, 2.24) is 5.01 Å². The van der Waals surface area contributed by atoms with Gasteiger partial charge >= 0.3 is 0 Å². The second-order valence-corrected chi connectivity index (χ2v) is 8.80. The lowest BCUT2D eigenvalue weighted by atomic mass is 10.1. The van der Waals surface area contributed by atoms with Gasteiger partial charge in [-0.25, -0.2) is 23.4 Å². The molecular formula is C20H22N4O4S. The summed E-state index contributed by atoms with van der Waals surface area (Å²) in [4.78, 5) is 29.6. The second-order valence-electron chi connectivity index (χ2n) is 6.78. The lowest BCUT2D eigenvalue weighted by molar-refractivity contribution is -0.113. The highest BCUT2D eigenvalue weighted by Gasteiger charge is 2.40. The van der Waals surface area contributed by atoms with Gasteiger partial charge in [-0.3, -0.25) is 13.9 Å². The second kappa shape index (κ2) is 7.76. The smallest absolute Gasteiger partial charge is 0.274 e. The number of nitrogens with zero attached hydrogens (tertiary/aromatic N) is 4. The van der Waals surface area contributed by atoms with Crippen LogP contribution in [0.5, 0.6) is 0 Å². The van der Waals surface area contributed by atoms with Gasteiger partial charge in [0.15, 0.2) is 0 Å². The maximum Gasteiger partial charge on any atom is 0.289 e. The van der Waals surface area contributed by atoms with Crippen LogP contribution < -0.4 is 9.31 Å². The molecule has 2 aromatic rings. The minimum atomic E-state index is -3.40. The Hall–Kier alpha value is -3.04. The number of rotatable bonds is 4. The number of amides is 2. The summed E-state index contributed by atoms with van der Waals surface area (Å²) in [6.45, 7) is 1.80. The molecule has 152 valence electrons. The zero-order valence-corrected chi connectivity index (χ0v) is 17.4. The van der Waals surface area contributed by atoms with Crippen molar-refractivity contribution in [3.05, 3.63) is 60.2 Å². The number of para-hydroxylation sites is 1. The Bertz CT molecular complexity index is 1070. The van der Waals surface area contributed by atoms with E-state index in [2.05, 4.69) is 4.99 Å². The number of hydrogen-bond donors (Lipinski definition) is 0. The fourth-order valence-electron chi connectivity index (χ4n) is 2.97. The van der Waals surface area contributed by atoms with Crippen LogP contribution in [0.1, 0.15) is 17.3 Å². The largest absolute Gasteiger partial charge is 0.289 e. The number of aliphatic imine (C=N–C) groups is 1. The molecule has 1 heterocycles. The summed E-state index contributed by atoms with van der Waals surface area (Å²) >= 11 is 0. The minimum Gasteiger partial charge on any atom is -0.274 e. The van der Waals surface area contributed by atoms with Crippen molar-refractivity contribution in [2.75, 3.05) is 29.7 Å². The molecule has 3 rings (SSSR count). The van der Waals surface area contributed by atoms with Crippen LogP contribution in [0.2, 0.25) is 0 Å². The van der Waals surface area contributed by atoms with Crippen LogP contribution in [-0.4, -0.2) is 57.3 Å². The van der Waals surface area contributed by atoms with E-state index in [1.54, 1.807) is 19.0 Å². The van der Waals surface area contributed by atoms with Gasteiger partial charge in [0.05, 0.1) is 23.7 Å². The Balaban J connectivity index is 1.86. The standard InChI is InChI=1S/C20H22N4O4S/c1-14-18(20(26)24(22(14)2)17-8-6-5-7-9-17)21-19(25)15-10-12-16(13-11-15)23(3)29(4,27)28/h5-14H,1-4H3. The maximum atomic E-state index is 12.9. The molecule has 2 aromatic carbocycles. The number of hydrogen-bond acceptors (Lipinski definition) is 5. The summed E-state index contributed by atoms with van der Waals surface area (Å²) in [6.07, 6.45) is 1.10. The molecule has 8 nitrogen and oxygen atoms in total. The molecule has 1 saturated heterocycles. The fraction of sp³-hybridized carbons (Fsp3) is 0.250. The molecule has 1 fully saturated rings. The molecule has 0 aliphatic carbocycles. The summed E-state index contributed by atoms with van der Waals surface area (Å²) in [6, 6.07) is 14.8. The first-order chi connectivity index (χ1) is 13.6. The van der Waals surface area contributed by atoms with Crippen LogP contribution in [0.15, 0.2) is 59.6 Å². The molecule has 9 heteroatoms. The monoisotopic (exact) mass is 414 g/mol. The van der Waals surface area contributed by atoms with E-state index >= 15 is 0 Å². The van der Waals surface area contributed by atoms with E-state index in [0.29, 0.717) is 11.4 Å². The molecule has 1 atom stereocenters. The van der Waals surface area contributed by atoms with Crippen molar-refractivity contribution in [1.29, 1.82) is 0 Å². The Morgan fingerprint density at radius 1 is 1.07 bits per heavy atom. The zero-order chi connectivity index (χ0) is 21.3. The molecule has 0 bridgehead atoms. The van der Waals surface area contributed by atoms with Crippen LogP contribution in [0.25, 0.3) is 0 Å². The summed E-state index contributed by atoms with van der Waals surface area (Å²) in [7, 11) is -0.204. The molecule has 0 spiro atoms. The van der Waals surface area contributed by atoms with E-state index in [1.807, 2.05) is 30.3 Å². The lowest BCUT2D eigenvalue weighted by Gasteiger charge is -2.25. The number of carbonyl (C=O) groups excluding carboxylic acids is 2. The molecule has 0 saturated carbocycles. The highest BCUT2D eigenvalue weighted by atomic mass is 32.2. The molecule has 0 N–H and O–H groups in total.